The van der Waals surface area contributed by atoms with Crippen LogP contribution in [0.2, 0.25) is 0 Å². The van der Waals surface area contributed by atoms with Crippen LogP contribution < -0.4 is 5.32 Å². The van der Waals surface area contributed by atoms with Gasteiger partial charge in [0, 0.05) is 19.2 Å². The van der Waals surface area contributed by atoms with E-state index in [4.69, 9.17) is 4.74 Å². The number of hydrogen-bond acceptors (Lipinski definition) is 2. The Balaban J connectivity index is 2.44. The van der Waals surface area contributed by atoms with Gasteiger partial charge in [-0.15, -0.1) is 0 Å². The molecular weight excluding hydrogens is 162 g/mol. The largest absolute Gasteiger partial charge is 0.380 e. The molecule has 0 bridgehead atoms. The third-order valence-electron chi connectivity index (χ3n) is 2.80. The molecule has 1 fully saturated rings. The summed E-state index contributed by atoms with van der Waals surface area (Å²) in [5.41, 5.74) is 0. The van der Waals surface area contributed by atoms with Gasteiger partial charge in [0.15, 0.2) is 0 Å². The minimum atomic E-state index is 0.435. The van der Waals surface area contributed by atoms with Crippen LogP contribution in [0.15, 0.2) is 0 Å². The van der Waals surface area contributed by atoms with E-state index >= 15 is 0 Å². The Kier molecular flexibility index (Phi) is 4.74. The maximum atomic E-state index is 5.52. The van der Waals surface area contributed by atoms with Gasteiger partial charge in [-0.2, -0.15) is 0 Å². The Morgan fingerprint density at radius 2 is 1.85 bits per heavy atom. The lowest BCUT2D eigenvalue weighted by atomic mass is 10.1. The van der Waals surface area contributed by atoms with Gasteiger partial charge in [-0.25, -0.2) is 0 Å². The molecule has 2 atom stereocenters. The minimum absolute atomic E-state index is 0.435. The number of hydrogen-bond donors (Lipinski definition) is 1. The van der Waals surface area contributed by atoms with Crippen molar-refractivity contribution in [3.63, 3.8) is 0 Å². The molecule has 0 amide bonds. The van der Waals surface area contributed by atoms with E-state index in [2.05, 4.69) is 19.2 Å². The molecule has 0 radical (unpaired) electrons. The molecule has 1 rings (SSSR count). The zero-order chi connectivity index (χ0) is 9.68. The predicted molar refractivity (Wildman–Crippen MR) is 55.9 cm³/mol. The van der Waals surface area contributed by atoms with E-state index < -0.39 is 0 Å². The topological polar surface area (TPSA) is 21.3 Å². The molecule has 0 aromatic heterocycles. The fraction of sp³-hybridized carbons (Fsp3) is 1.00. The molecular formula is C11H23NO. The highest BCUT2D eigenvalue weighted by Crippen LogP contribution is 2.20. The molecule has 13 heavy (non-hydrogen) atoms. The van der Waals surface area contributed by atoms with Crippen LogP contribution in [0, 0.1) is 0 Å². The summed E-state index contributed by atoms with van der Waals surface area (Å²) in [5, 5.41) is 3.60. The van der Waals surface area contributed by atoms with Crippen molar-refractivity contribution in [3.8, 4) is 0 Å². The smallest absolute Gasteiger partial charge is 0.0724 e. The van der Waals surface area contributed by atoms with Gasteiger partial charge in [0.25, 0.3) is 0 Å². The van der Waals surface area contributed by atoms with E-state index in [-0.39, 0.29) is 0 Å². The number of nitrogens with one attached hydrogen (secondary N) is 1. The van der Waals surface area contributed by atoms with Crippen molar-refractivity contribution in [2.24, 2.45) is 0 Å². The van der Waals surface area contributed by atoms with E-state index in [0.29, 0.717) is 18.2 Å². The van der Waals surface area contributed by atoms with Crippen LogP contribution in [0.1, 0.15) is 46.0 Å². The van der Waals surface area contributed by atoms with Crippen LogP contribution in [0.5, 0.6) is 0 Å². The van der Waals surface area contributed by atoms with Crippen LogP contribution >= 0.6 is 0 Å². The first-order chi connectivity index (χ1) is 6.24. The van der Waals surface area contributed by atoms with Gasteiger partial charge in [-0.1, -0.05) is 33.1 Å². The lowest BCUT2D eigenvalue weighted by Crippen LogP contribution is -2.43. The number of rotatable bonds is 3. The fourth-order valence-corrected chi connectivity index (χ4v) is 2.17. The zero-order valence-corrected chi connectivity index (χ0v) is 9.18. The van der Waals surface area contributed by atoms with Crippen LogP contribution in [-0.4, -0.2) is 25.3 Å². The lowest BCUT2D eigenvalue weighted by Gasteiger charge is -2.26. The Bertz CT molecular complexity index is 136. The normalized spacial score (nSPS) is 30.5. The van der Waals surface area contributed by atoms with Gasteiger partial charge < -0.3 is 10.1 Å². The van der Waals surface area contributed by atoms with Crippen molar-refractivity contribution >= 4 is 0 Å². The molecule has 1 aliphatic carbocycles. The summed E-state index contributed by atoms with van der Waals surface area (Å²) in [7, 11) is 1.84. The Morgan fingerprint density at radius 3 is 2.46 bits per heavy atom. The van der Waals surface area contributed by atoms with Crippen LogP contribution in [0.25, 0.3) is 0 Å². The molecule has 0 aromatic carbocycles. The average Bonchev–Trinajstić information content (AvgIpc) is 2.28. The maximum Gasteiger partial charge on any atom is 0.0724 e. The average molecular weight is 185 g/mol. The first-order valence-corrected chi connectivity index (χ1v) is 5.53. The second-order valence-corrected chi connectivity index (χ2v) is 4.34. The second kappa shape index (κ2) is 5.61. The first kappa shape index (κ1) is 11.0. The predicted octanol–water partition coefficient (Wildman–Crippen LogP) is 2.33. The van der Waals surface area contributed by atoms with E-state index in [0.717, 1.165) is 0 Å². The number of ether oxygens (including phenoxy) is 1. The van der Waals surface area contributed by atoms with Crippen molar-refractivity contribution in [2.75, 3.05) is 7.11 Å². The summed E-state index contributed by atoms with van der Waals surface area (Å²) in [5.74, 6) is 0. The second-order valence-electron chi connectivity index (χ2n) is 4.34. The van der Waals surface area contributed by atoms with Gasteiger partial charge in [-0.05, 0) is 12.8 Å². The van der Waals surface area contributed by atoms with Crippen molar-refractivity contribution in [1.29, 1.82) is 0 Å². The summed E-state index contributed by atoms with van der Waals surface area (Å²) < 4.78 is 5.52. The Morgan fingerprint density at radius 1 is 1.15 bits per heavy atom. The summed E-state index contributed by atoms with van der Waals surface area (Å²) in [4.78, 5) is 0. The van der Waals surface area contributed by atoms with E-state index in [1.54, 1.807) is 0 Å². The molecule has 0 spiro atoms. The highest BCUT2D eigenvalue weighted by Gasteiger charge is 2.23. The van der Waals surface area contributed by atoms with Gasteiger partial charge in [0.2, 0.25) is 0 Å². The molecule has 0 unspecified atom stereocenters. The van der Waals surface area contributed by atoms with Crippen LogP contribution in [0.3, 0.4) is 0 Å². The van der Waals surface area contributed by atoms with Gasteiger partial charge in [-0.3, -0.25) is 0 Å². The molecule has 0 heterocycles. The fourth-order valence-electron chi connectivity index (χ4n) is 2.17. The third-order valence-corrected chi connectivity index (χ3v) is 2.80. The molecule has 0 saturated heterocycles. The summed E-state index contributed by atoms with van der Waals surface area (Å²) in [6.45, 7) is 4.41. The van der Waals surface area contributed by atoms with Crippen molar-refractivity contribution < 1.29 is 4.74 Å². The molecule has 1 N–H and O–H groups in total. The molecule has 0 aliphatic heterocycles. The minimum Gasteiger partial charge on any atom is -0.380 e. The molecule has 0 aromatic rings. The monoisotopic (exact) mass is 185 g/mol. The Labute approximate surface area is 82.0 Å². The highest BCUT2D eigenvalue weighted by molar-refractivity contribution is 4.81. The lowest BCUT2D eigenvalue weighted by molar-refractivity contribution is 0.0604. The SMILES string of the molecule is CO[C@H]1CCCCC[C@H]1NC(C)C. The zero-order valence-electron chi connectivity index (χ0n) is 9.18. The van der Waals surface area contributed by atoms with Crippen LogP contribution in [-0.2, 0) is 4.74 Å². The van der Waals surface area contributed by atoms with E-state index in [9.17, 15) is 0 Å². The van der Waals surface area contributed by atoms with Crippen molar-refractivity contribution in [2.45, 2.75) is 64.1 Å². The van der Waals surface area contributed by atoms with Crippen molar-refractivity contribution in [1.82, 2.24) is 5.32 Å². The Hall–Kier alpha value is -0.0800. The third kappa shape index (κ3) is 3.65. The van der Waals surface area contributed by atoms with Crippen molar-refractivity contribution in [3.05, 3.63) is 0 Å². The van der Waals surface area contributed by atoms with Gasteiger partial charge in [0.1, 0.15) is 0 Å². The summed E-state index contributed by atoms with van der Waals surface area (Å²) in [6.07, 6.45) is 6.98. The highest BCUT2D eigenvalue weighted by atomic mass is 16.5. The first-order valence-electron chi connectivity index (χ1n) is 5.53. The van der Waals surface area contributed by atoms with Gasteiger partial charge in [0.05, 0.1) is 6.10 Å². The van der Waals surface area contributed by atoms with E-state index in [1.807, 2.05) is 7.11 Å². The summed E-state index contributed by atoms with van der Waals surface area (Å²) in [6, 6.07) is 1.15. The molecule has 1 saturated carbocycles. The quantitative estimate of drug-likeness (QED) is 0.681. The molecule has 2 nitrogen and oxygen atoms in total. The standard InChI is InChI=1S/C11H23NO/c1-9(2)12-10-7-5-4-6-8-11(10)13-3/h9-12H,4-8H2,1-3H3/t10-,11+/m1/s1. The molecule has 1 aliphatic rings. The molecule has 78 valence electrons. The maximum absolute atomic E-state index is 5.52. The number of methoxy groups -OCH3 is 1. The van der Waals surface area contributed by atoms with Crippen LogP contribution in [0.4, 0.5) is 0 Å². The van der Waals surface area contributed by atoms with Gasteiger partial charge >= 0.3 is 0 Å². The van der Waals surface area contributed by atoms with E-state index in [1.165, 1.54) is 32.1 Å². The molecule has 2 heteroatoms. The summed E-state index contributed by atoms with van der Waals surface area (Å²) >= 11 is 0.